The zero-order valence-corrected chi connectivity index (χ0v) is 14.9. The van der Waals surface area contributed by atoms with E-state index in [9.17, 15) is 9.59 Å². The van der Waals surface area contributed by atoms with E-state index in [1.807, 2.05) is 29.2 Å². The number of nitrogens with two attached hydrogens (primary N) is 1. The van der Waals surface area contributed by atoms with Gasteiger partial charge in [0, 0.05) is 31.0 Å². The lowest BCUT2D eigenvalue weighted by atomic mass is 9.96. The number of primary amides is 1. The molecule has 8 heteroatoms. The highest BCUT2D eigenvalue weighted by Gasteiger charge is 2.56. The van der Waals surface area contributed by atoms with Crippen LogP contribution in [0.15, 0.2) is 29.3 Å². The molecule has 0 spiro atoms. The van der Waals surface area contributed by atoms with Crippen LogP contribution in [-0.2, 0) is 9.53 Å². The van der Waals surface area contributed by atoms with E-state index in [4.69, 9.17) is 10.5 Å². The number of anilines is 2. The number of nitrogens with zero attached hydrogens (tertiary/aromatic N) is 4. The zero-order chi connectivity index (χ0) is 18.3. The smallest absolute Gasteiger partial charge is 0.325 e. The standard InChI is InChI=1S/C18H23N5O3/c1-26-16-20-9-3-10-21(16)13-4-6-14(7-5-13)22-12-18(15(19)24)8-2-11-23(18)17(22)25/h4-7H,2-3,8-12H2,1H3,(H2,19,24)/t18-/m1/s1. The molecule has 1 atom stereocenters. The maximum atomic E-state index is 12.8. The van der Waals surface area contributed by atoms with E-state index in [-0.39, 0.29) is 6.03 Å². The average Bonchev–Trinajstić information content (AvgIpc) is 3.21. The molecule has 3 amide bonds. The first kappa shape index (κ1) is 16.7. The molecule has 8 nitrogen and oxygen atoms in total. The van der Waals surface area contributed by atoms with E-state index in [1.165, 1.54) is 0 Å². The van der Waals surface area contributed by atoms with Crippen LogP contribution in [0.4, 0.5) is 16.2 Å². The van der Waals surface area contributed by atoms with E-state index in [0.29, 0.717) is 25.5 Å². The van der Waals surface area contributed by atoms with Crippen LogP contribution >= 0.6 is 0 Å². The van der Waals surface area contributed by atoms with Crippen molar-refractivity contribution in [3.63, 3.8) is 0 Å². The van der Waals surface area contributed by atoms with Crippen molar-refractivity contribution >= 4 is 29.3 Å². The van der Waals surface area contributed by atoms with Crippen molar-refractivity contribution in [1.82, 2.24) is 4.90 Å². The first-order valence-electron chi connectivity index (χ1n) is 8.92. The number of carbonyl (C=O) groups excluding carboxylic acids is 2. The molecule has 2 N–H and O–H groups in total. The van der Waals surface area contributed by atoms with Gasteiger partial charge in [-0.3, -0.25) is 14.6 Å². The molecule has 0 aromatic heterocycles. The zero-order valence-electron chi connectivity index (χ0n) is 14.9. The number of carbonyl (C=O) groups is 2. The van der Waals surface area contributed by atoms with Crippen LogP contribution in [0.5, 0.6) is 0 Å². The molecule has 1 aromatic carbocycles. The number of hydrogen-bond acceptors (Lipinski definition) is 5. The molecule has 4 rings (SSSR count). The van der Waals surface area contributed by atoms with Crippen LogP contribution in [0, 0.1) is 0 Å². The minimum absolute atomic E-state index is 0.147. The Hall–Kier alpha value is -2.77. The molecule has 3 aliphatic rings. The molecule has 26 heavy (non-hydrogen) atoms. The van der Waals surface area contributed by atoms with Crippen molar-refractivity contribution in [3.8, 4) is 0 Å². The molecule has 0 unspecified atom stereocenters. The van der Waals surface area contributed by atoms with E-state index in [2.05, 4.69) is 4.99 Å². The highest BCUT2D eigenvalue weighted by molar-refractivity contribution is 6.03. The van der Waals surface area contributed by atoms with Crippen LogP contribution in [0.2, 0.25) is 0 Å². The maximum absolute atomic E-state index is 12.8. The molecule has 1 aromatic rings. The van der Waals surface area contributed by atoms with Crippen molar-refractivity contribution in [1.29, 1.82) is 0 Å². The van der Waals surface area contributed by atoms with Crippen LogP contribution in [-0.4, -0.2) is 61.7 Å². The molecule has 138 valence electrons. The Kier molecular flexibility index (Phi) is 3.97. The van der Waals surface area contributed by atoms with Crippen molar-refractivity contribution in [2.45, 2.75) is 24.8 Å². The fraction of sp³-hybridized carbons (Fsp3) is 0.500. The second-order valence-electron chi connectivity index (χ2n) is 6.91. The number of aliphatic imine (C=N–C) groups is 1. The lowest BCUT2D eigenvalue weighted by molar-refractivity contribution is -0.125. The van der Waals surface area contributed by atoms with Gasteiger partial charge in [0.15, 0.2) is 0 Å². The molecule has 2 saturated heterocycles. The van der Waals surface area contributed by atoms with Crippen molar-refractivity contribution < 1.29 is 14.3 Å². The molecule has 0 radical (unpaired) electrons. The van der Waals surface area contributed by atoms with Gasteiger partial charge in [-0.2, -0.15) is 0 Å². The summed E-state index contributed by atoms with van der Waals surface area (Å²) in [6, 6.07) is 8.14. The van der Waals surface area contributed by atoms with Crippen molar-refractivity contribution in [2.75, 3.05) is 43.1 Å². The summed E-state index contributed by atoms with van der Waals surface area (Å²) in [7, 11) is 1.62. The Balaban J connectivity index is 1.58. The van der Waals surface area contributed by atoms with Gasteiger partial charge in [0.05, 0.1) is 13.7 Å². The number of benzene rings is 1. The van der Waals surface area contributed by atoms with Gasteiger partial charge in [0.2, 0.25) is 5.91 Å². The molecule has 3 heterocycles. The van der Waals surface area contributed by atoms with Crippen LogP contribution in [0.3, 0.4) is 0 Å². The third kappa shape index (κ3) is 2.40. The highest BCUT2D eigenvalue weighted by atomic mass is 16.5. The van der Waals surface area contributed by atoms with Crippen LogP contribution < -0.4 is 15.5 Å². The van der Waals surface area contributed by atoms with Gasteiger partial charge >= 0.3 is 6.03 Å². The number of rotatable bonds is 3. The summed E-state index contributed by atoms with van der Waals surface area (Å²) in [6.07, 6.45) is 2.41. The van der Waals surface area contributed by atoms with E-state index >= 15 is 0 Å². The molecule has 0 saturated carbocycles. The Bertz CT molecular complexity index is 763. The number of urea groups is 1. The number of ether oxygens (including phenoxy) is 1. The number of amides is 3. The second-order valence-corrected chi connectivity index (χ2v) is 6.91. The Morgan fingerprint density at radius 2 is 1.85 bits per heavy atom. The van der Waals surface area contributed by atoms with Gasteiger partial charge in [-0.25, -0.2) is 9.79 Å². The largest absolute Gasteiger partial charge is 0.468 e. The fourth-order valence-electron chi connectivity index (χ4n) is 4.14. The van der Waals surface area contributed by atoms with Gasteiger partial charge in [0.1, 0.15) is 5.54 Å². The average molecular weight is 357 g/mol. The van der Waals surface area contributed by atoms with E-state index in [0.717, 1.165) is 37.3 Å². The molecular formula is C18H23N5O3. The van der Waals surface area contributed by atoms with E-state index < -0.39 is 11.4 Å². The summed E-state index contributed by atoms with van der Waals surface area (Å²) < 4.78 is 5.35. The first-order chi connectivity index (χ1) is 12.6. The van der Waals surface area contributed by atoms with Gasteiger partial charge in [0.25, 0.3) is 6.02 Å². The molecule has 0 aliphatic carbocycles. The third-order valence-corrected chi connectivity index (χ3v) is 5.50. The minimum atomic E-state index is -0.863. The highest BCUT2D eigenvalue weighted by Crippen LogP contribution is 2.39. The van der Waals surface area contributed by atoms with Crippen LogP contribution in [0.25, 0.3) is 0 Å². The lowest BCUT2D eigenvalue weighted by Gasteiger charge is -2.28. The maximum Gasteiger partial charge on any atom is 0.325 e. The van der Waals surface area contributed by atoms with Crippen LogP contribution in [0.1, 0.15) is 19.3 Å². The lowest BCUT2D eigenvalue weighted by Crippen LogP contribution is -2.52. The summed E-state index contributed by atoms with van der Waals surface area (Å²) in [5.41, 5.74) is 6.50. The molecule has 2 fully saturated rings. The Labute approximate surface area is 152 Å². The number of amidine groups is 1. The fourth-order valence-corrected chi connectivity index (χ4v) is 4.14. The summed E-state index contributed by atoms with van der Waals surface area (Å²) in [6.45, 7) is 2.51. The third-order valence-electron chi connectivity index (χ3n) is 5.50. The monoisotopic (exact) mass is 357 g/mol. The summed E-state index contributed by atoms with van der Waals surface area (Å²) in [5, 5.41) is 0. The van der Waals surface area contributed by atoms with Gasteiger partial charge in [-0.15, -0.1) is 0 Å². The number of hydrogen-bond donors (Lipinski definition) is 1. The molecular weight excluding hydrogens is 334 g/mol. The predicted octanol–water partition coefficient (Wildman–Crippen LogP) is 1.16. The molecule has 0 bridgehead atoms. The summed E-state index contributed by atoms with van der Waals surface area (Å²) in [4.78, 5) is 34.5. The first-order valence-corrected chi connectivity index (χ1v) is 8.92. The number of fused-ring (bicyclic) bond motifs is 1. The Morgan fingerprint density at radius 3 is 2.46 bits per heavy atom. The number of methoxy groups -OCH3 is 1. The minimum Gasteiger partial charge on any atom is -0.468 e. The predicted molar refractivity (Wildman–Crippen MR) is 98.3 cm³/mol. The normalized spacial score (nSPS) is 25.3. The van der Waals surface area contributed by atoms with E-state index in [1.54, 1.807) is 16.9 Å². The summed E-state index contributed by atoms with van der Waals surface area (Å²) in [5.74, 6) is -0.420. The van der Waals surface area contributed by atoms with Crippen molar-refractivity contribution in [2.24, 2.45) is 10.7 Å². The van der Waals surface area contributed by atoms with Gasteiger partial charge < -0.3 is 15.4 Å². The topological polar surface area (TPSA) is 91.5 Å². The second kappa shape index (κ2) is 6.19. The van der Waals surface area contributed by atoms with Crippen molar-refractivity contribution in [3.05, 3.63) is 24.3 Å². The molecule has 3 aliphatic heterocycles. The Morgan fingerprint density at radius 1 is 1.15 bits per heavy atom. The van der Waals surface area contributed by atoms with Gasteiger partial charge in [-0.05, 0) is 43.5 Å². The SMILES string of the molecule is COC1=NCCCN1c1ccc(N2C[C@@]3(C(N)=O)CCCN3C2=O)cc1. The van der Waals surface area contributed by atoms with Gasteiger partial charge in [-0.1, -0.05) is 0 Å². The quantitative estimate of drug-likeness (QED) is 0.879. The summed E-state index contributed by atoms with van der Waals surface area (Å²) >= 11 is 0.